The molecule has 0 aliphatic carbocycles. The standard InChI is InChI=1S/C11H8IN3O4/c1-5-13-9(15-19-5)10(16)14-8-3-2-6(12)4-7(8)11(17)18/h2-4H,1H3,(H,14,16)(H,17,18). The molecule has 0 bridgehead atoms. The summed E-state index contributed by atoms with van der Waals surface area (Å²) >= 11 is 1.99. The zero-order chi connectivity index (χ0) is 14.0. The molecule has 2 aromatic rings. The predicted octanol–water partition coefficient (Wildman–Crippen LogP) is 1.93. The van der Waals surface area contributed by atoms with E-state index < -0.39 is 11.9 Å². The molecule has 2 N–H and O–H groups in total. The third-order valence-corrected chi connectivity index (χ3v) is 2.86. The Bertz CT molecular complexity index is 653. The van der Waals surface area contributed by atoms with Crippen LogP contribution >= 0.6 is 22.6 Å². The SMILES string of the molecule is Cc1nc(C(=O)Nc2ccc(I)cc2C(=O)O)no1. The Labute approximate surface area is 121 Å². The van der Waals surface area contributed by atoms with Crippen LogP contribution < -0.4 is 5.32 Å². The zero-order valence-electron chi connectivity index (χ0n) is 9.68. The molecule has 1 aromatic heterocycles. The third kappa shape index (κ3) is 3.08. The van der Waals surface area contributed by atoms with Gasteiger partial charge in [0, 0.05) is 10.5 Å². The first-order chi connectivity index (χ1) is 8.97. The molecule has 0 unspecified atom stereocenters. The molecule has 0 atom stereocenters. The number of hydrogen-bond donors (Lipinski definition) is 2. The van der Waals surface area contributed by atoms with Crippen molar-refractivity contribution < 1.29 is 19.2 Å². The van der Waals surface area contributed by atoms with Gasteiger partial charge in [-0.2, -0.15) is 4.98 Å². The lowest BCUT2D eigenvalue weighted by Crippen LogP contribution is -2.16. The van der Waals surface area contributed by atoms with E-state index in [1.165, 1.54) is 12.1 Å². The highest BCUT2D eigenvalue weighted by atomic mass is 127. The lowest BCUT2D eigenvalue weighted by Gasteiger charge is -2.06. The van der Waals surface area contributed by atoms with Gasteiger partial charge in [-0.1, -0.05) is 5.16 Å². The summed E-state index contributed by atoms with van der Waals surface area (Å²) < 4.78 is 5.43. The van der Waals surface area contributed by atoms with Gasteiger partial charge in [0.25, 0.3) is 11.7 Å². The van der Waals surface area contributed by atoms with Crippen LogP contribution in [0.15, 0.2) is 22.7 Å². The molecule has 8 heteroatoms. The molecule has 19 heavy (non-hydrogen) atoms. The van der Waals surface area contributed by atoms with Crippen LogP contribution in [0.4, 0.5) is 5.69 Å². The lowest BCUT2D eigenvalue weighted by atomic mass is 10.2. The van der Waals surface area contributed by atoms with E-state index in [4.69, 9.17) is 5.11 Å². The summed E-state index contributed by atoms with van der Waals surface area (Å²) in [5, 5.41) is 15.0. The zero-order valence-corrected chi connectivity index (χ0v) is 11.8. The van der Waals surface area contributed by atoms with Crippen LogP contribution in [0.25, 0.3) is 0 Å². The molecule has 0 saturated heterocycles. The normalized spacial score (nSPS) is 10.2. The Hall–Kier alpha value is -1.97. The highest BCUT2D eigenvalue weighted by molar-refractivity contribution is 14.1. The van der Waals surface area contributed by atoms with E-state index in [-0.39, 0.29) is 23.0 Å². The fraction of sp³-hybridized carbons (Fsp3) is 0.0909. The van der Waals surface area contributed by atoms with Gasteiger partial charge in [-0.15, -0.1) is 0 Å². The second-order valence-corrected chi connectivity index (χ2v) is 4.83. The van der Waals surface area contributed by atoms with Gasteiger partial charge in [0.15, 0.2) is 0 Å². The summed E-state index contributed by atoms with van der Waals surface area (Å²) in [4.78, 5) is 26.6. The van der Waals surface area contributed by atoms with Crippen molar-refractivity contribution in [3.05, 3.63) is 39.0 Å². The summed E-state index contributed by atoms with van der Waals surface area (Å²) in [6, 6.07) is 4.65. The fourth-order valence-electron chi connectivity index (χ4n) is 1.37. The molecular weight excluding hydrogens is 365 g/mol. The summed E-state index contributed by atoms with van der Waals surface area (Å²) in [5.41, 5.74) is 0.181. The number of aromatic carboxylic acids is 1. The largest absolute Gasteiger partial charge is 0.478 e. The maximum Gasteiger partial charge on any atom is 0.337 e. The Morgan fingerprint density at radius 2 is 2.16 bits per heavy atom. The number of amides is 1. The molecule has 1 heterocycles. The number of rotatable bonds is 3. The van der Waals surface area contributed by atoms with Crippen molar-refractivity contribution in [3.8, 4) is 0 Å². The van der Waals surface area contributed by atoms with Crippen molar-refractivity contribution in [2.45, 2.75) is 6.92 Å². The summed E-state index contributed by atoms with van der Waals surface area (Å²) in [6.07, 6.45) is 0. The monoisotopic (exact) mass is 373 g/mol. The lowest BCUT2D eigenvalue weighted by molar-refractivity contribution is 0.0698. The number of aromatic nitrogens is 2. The number of hydrogen-bond acceptors (Lipinski definition) is 5. The summed E-state index contributed by atoms with van der Waals surface area (Å²) in [5.74, 6) is -1.64. The molecule has 7 nitrogen and oxygen atoms in total. The summed E-state index contributed by atoms with van der Waals surface area (Å²) in [7, 11) is 0. The first-order valence-electron chi connectivity index (χ1n) is 5.12. The van der Waals surface area contributed by atoms with Crippen molar-refractivity contribution in [2.75, 3.05) is 5.32 Å². The maximum atomic E-state index is 11.8. The Balaban J connectivity index is 2.28. The minimum atomic E-state index is -1.13. The smallest absolute Gasteiger partial charge is 0.337 e. The molecule has 1 amide bonds. The van der Waals surface area contributed by atoms with E-state index in [1.807, 2.05) is 22.6 Å². The van der Waals surface area contributed by atoms with Crippen molar-refractivity contribution in [2.24, 2.45) is 0 Å². The van der Waals surface area contributed by atoms with Crippen LogP contribution in [0.2, 0.25) is 0 Å². The van der Waals surface area contributed by atoms with Gasteiger partial charge in [0.1, 0.15) is 0 Å². The second kappa shape index (κ2) is 5.34. The van der Waals surface area contributed by atoms with E-state index in [1.54, 1.807) is 13.0 Å². The summed E-state index contributed by atoms with van der Waals surface area (Å²) in [6.45, 7) is 1.55. The molecule has 1 aromatic carbocycles. The van der Waals surface area contributed by atoms with Gasteiger partial charge in [-0.05, 0) is 40.8 Å². The first-order valence-corrected chi connectivity index (χ1v) is 6.20. The minimum absolute atomic E-state index is 0.000432. The second-order valence-electron chi connectivity index (χ2n) is 3.59. The van der Waals surface area contributed by atoms with Gasteiger partial charge in [-0.3, -0.25) is 4.79 Å². The van der Waals surface area contributed by atoms with Crippen molar-refractivity contribution in [1.82, 2.24) is 10.1 Å². The number of carbonyl (C=O) groups excluding carboxylic acids is 1. The highest BCUT2D eigenvalue weighted by Crippen LogP contribution is 2.19. The van der Waals surface area contributed by atoms with Crippen LogP contribution in [0.3, 0.4) is 0 Å². The molecule has 2 rings (SSSR count). The molecule has 98 valence electrons. The van der Waals surface area contributed by atoms with Crippen molar-refractivity contribution >= 4 is 40.2 Å². The van der Waals surface area contributed by atoms with E-state index in [0.29, 0.717) is 0 Å². The van der Waals surface area contributed by atoms with Crippen LogP contribution in [0.5, 0.6) is 0 Å². The van der Waals surface area contributed by atoms with Gasteiger partial charge >= 0.3 is 5.97 Å². The van der Waals surface area contributed by atoms with Gasteiger partial charge in [0.2, 0.25) is 5.89 Å². The number of carbonyl (C=O) groups is 2. The number of carboxylic acids is 1. The van der Waals surface area contributed by atoms with E-state index in [2.05, 4.69) is 20.0 Å². The van der Waals surface area contributed by atoms with E-state index in [0.717, 1.165) is 3.57 Å². The number of nitrogens with zero attached hydrogens (tertiary/aromatic N) is 2. The molecule has 0 spiro atoms. The number of aryl methyl sites for hydroxylation is 1. The Morgan fingerprint density at radius 1 is 1.42 bits per heavy atom. The number of nitrogens with one attached hydrogen (secondary N) is 1. The Kier molecular flexibility index (Phi) is 3.79. The van der Waals surface area contributed by atoms with Crippen LogP contribution in [0, 0.1) is 10.5 Å². The first kappa shape index (κ1) is 13.5. The number of carboxylic acid groups (broad SMARTS) is 1. The minimum Gasteiger partial charge on any atom is -0.478 e. The average Bonchev–Trinajstić information content (AvgIpc) is 2.78. The fourth-order valence-corrected chi connectivity index (χ4v) is 1.86. The molecule has 0 fully saturated rings. The molecular formula is C11H8IN3O4. The van der Waals surface area contributed by atoms with Crippen LogP contribution in [0.1, 0.15) is 26.9 Å². The topological polar surface area (TPSA) is 105 Å². The quantitative estimate of drug-likeness (QED) is 0.797. The third-order valence-electron chi connectivity index (χ3n) is 2.19. The predicted molar refractivity (Wildman–Crippen MR) is 73.1 cm³/mol. The molecule has 0 aliphatic heterocycles. The average molecular weight is 373 g/mol. The highest BCUT2D eigenvalue weighted by Gasteiger charge is 2.17. The van der Waals surface area contributed by atoms with Crippen molar-refractivity contribution in [3.63, 3.8) is 0 Å². The molecule has 0 saturated carbocycles. The Morgan fingerprint density at radius 3 is 2.74 bits per heavy atom. The molecule has 0 aliphatic rings. The number of benzene rings is 1. The van der Waals surface area contributed by atoms with Gasteiger partial charge in [0.05, 0.1) is 11.3 Å². The number of anilines is 1. The van der Waals surface area contributed by atoms with Crippen molar-refractivity contribution in [1.29, 1.82) is 0 Å². The number of halogens is 1. The van der Waals surface area contributed by atoms with E-state index in [9.17, 15) is 9.59 Å². The maximum absolute atomic E-state index is 11.8. The van der Waals surface area contributed by atoms with Crippen LogP contribution in [-0.2, 0) is 0 Å². The van der Waals surface area contributed by atoms with Gasteiger partial charge in [-0.25, -0.2) is 4.79 Å². The van der Waals surface area contributed by atoms with E-state index >= 15 is 0 Å². The van der Waals surface area contributed by atoms with Crippen LogP contribution in [-0.4, -0.2) is 27.1 Å². The molecule has 0 radical (unpaired) electrons. The van der Waals surface area contributed by atoms with Gasteiger partial charge < -0.3 is 14.9 Å².